The molecular weight excluding hydrogens is 548 g/mol. The number of hydrogen-bond acceptors (Lipinski definition) is 8. The minimum atomic E-state index is -0.761. The van der Waals surface area contributed by atoms with Gasteiger partial charge in [-0.2, -0.15) is 5.26 Å². The average molecular weight is 581 g/mol. The maximum Gasteiger partial charge on any atom is 0.337 e. The summed E-state index contributed by atoms with van der Waals surface area (Å²) in [5.41, 5.74) is 4.43. The van der Waals surface area contributed by atoms with Crippen LogP contribution in [0.5, 0.6) is 11.5 Å². The number of carbonyl (C=O) groups is 2. The number of carbonyl (C=O) groups excluding carboxylic acids is 2. The lowest BCUT2D eigenvalue weighted by Crippen LogP contribution is -2.29. The number of ether oxygens (including phenoxy) is 3. The van der Waals surface area contributed by atoms with Crippen LogP contribution in [0.3, 0.4) is 0 Å². The summed E-state index contributed by atoms with van der Waals surface area (Å²) in [5.74, 6) is -0.302. The summed E-state index contributed by atoms with van der Waals surface area (Å²) in [4.78, 5) is 26.2. The number of hydrogen-bond donors (Lipinski definition) is 1. The molecule has 0 radical (unpaired) electrons. The third-order valence-electron chi connectivity index (χ3n) is 6.68. The van der Waals surface area contributed by atoms with Crippen molar-refractivity contribution in [1.82, 2.24) is 5.32 Å². The summed E-state index contributed by atoms with van der Waals surface area (Å²) >= 11 is 1.23. The molecule has 1 aliphatic heterocycles. The molecule has 3 aromatic carbocycles. The summed E-state index contributed by atoms with van der Waals surface area (Å²) in [5, 5.41) is 14.1. The molecule has 0 spiro atoms. The fourth-order valence-corrected chi connectivity index (χ4v) is 5.51. The SMILES string of the molecule is C=CCOC(=O)C1=C(C)NC(SCC(=O)c2ccc(C)cc2)=C(C#N)[C@H]1c1ccc(OCc2ccccc2)c(OC)c1. The Kier molecular flexibility index (Phi) is 10.2. The first-order valence-corrected chi connectivity index (χ1v) is 14.3. The van der Waals surface area contributed by atoms with Crippen LogP contribution in [0.1, 0.15) is 39.9 Å². The Hall–Kier alpha value is -4.74. The van der Waals surface area contributed by atoms with Gasteiger partial charge in [0.05, 0.1) is 41.0 Å². The zero-order valence-corrected chi connectivity index (χ0v) is 24.6. The second-order valence-corrected chi connectivity index (χ2v) is 10.6. The molecule has 0 fully saturated rings. The van der Waals surface area contributed by atoms with E-state index in [0.717, 1.165) is 11.1 Å². The molecule has 0 saturated carbocycles. The number of nitrogens with zero attached hydrogens (tertiary/aromatic N) is 1. The van der Waals surface area contributed by atoms with Gasteiger partial charge in [-0.15, -0.1) is 0 Å². The average Bonchev–Trinajstić information content (AvgIpc) is 3.01. The topological polar surface area (TPSA) is 97.7 Å². The molecule has 1 aliphatic rings. The maximum absolute atomic E-state index is 13.3. The Bertz CT molecular complexity index is 1570. The van der Waals surface area contributed by atoms with Gasteiger partial charge in [-0.25, -0.2) is 4.79 Å². The van der Waals surface area contributed by atoms with E-state index >= 15 is 0 Å². The molecule has 0 amide bonds. The van der Waals surface area contributed by atoms with Crippen LogP contribution in [0.25, 0.3) is 0 Å². The summed E-state index contributed by atoms with van der Waals surface area (Å²) in [6.45, 7) is 7.71. The van der Waals surface area contributed by atoms with Crippen LogP contribution in [0.4, 0.5) is 0 Å². The lowest BCUT2D eigenvalue weighted by molar-refractivity contribution is -0.138. The zero-order chi connectivity index (χ0) is 30.1. The van der Waals surface area contributed by atoms with Crippen molar-refractivity contribution >= 4 is 23.5 Å². The van der Waals surface area contributed by atoms with E-state index in [-0.39, 0.29) is 18.1 Å². The number of methoxy groups -OCH3 is 1. The van der Waals surface area contributed by atoms with Crippen LogP contribution in [0.2, 0.25) is 0 Å². The van der Waals surface area contributed by atoms with Gasteiger partial charge in [-0.3, -0.25) is 4.79 Å². The van der Waals surface area contributed by atoms with Gasteiger partial charge in [-0.1, -0.05) is 90.6 Å². The van der Waals surface area contributed by atoms with Crippen molar-refractivity contribution in [3.05, 3.63) is 130 Å². The van der Waals surface area contributed by atoms with E-state index in [1.54, 1.807) is 31.2 Å². The predicted octanol–water partition coefficient (Wildman–Crippen LogP) is 6.62. The van der Waals surface area contributed by atoms with E-state index in [1.807, 2.05) is 55.5 Å². The van der Waals surface area contributed by atoms with E-state index in [0.29, 0.717) is 51.1 Å². The molecular formula is C34H32N2O5S. The first kappa shape index (κ1) is 30.2. The van der Waals surface area contributed by atoms with Gasteiger partial charge in [0.25, 0.3) is 0 Å². The number of Topliss-reactive ketones (excluding diaryl/α,β-unsaturated/α-hetero) is 1. The Labute approximate surface area is 250 Å². The lowest BCUT2D eigenvalue weighted by atomic mass is 9.82. The van der Waals surface area contributed by atoms with E-state index < -0.39 is 11.9 Å². The van der Waals surface area contributed by atoms with Gasteiger partial charge in [0.2, 0.25) is 0 Å². The van der Waals surface area contributed by atoms with E-state index in [1.165, 1.54) is 24.9 Å². The summed E-state index contributed by atoms with van der Waals surface area (Å²) in [6, 6.07) is 24.8. The first-order valence-electron chi connectivity index (χ1n) is 13.3. The molecule has 1 N–H and O–H groups in total. The van der Waals surface area contributed by atoms with Gasteiger partial charge < -0.3 is 19.5 Å². The molecule has 8 heteroatoms. The minimum Gasteiger partial charge on any atom is -0.493 e. The number of esters is 1. The Morgan fingerprint density at radius 2 is 1.79 bits per heavy atom. The predicted molar refractivity (Wildman–Crippen MR) is 164 cm³/mol. The molecule has 42 heavy (non-hydrogen) atoms. The summed E-state index contributed by atoms with van der Waals surface area (Å²) in [7, 11) is 1.54. The molecule has 3 aromatic rings. The number of aryl methyl sites for hydroxylation is 1. The van der Waals surface area contributed by atoms with Gasteiger partial charge in [0.15, 0.2) is 17.3 Å². The van der Waals surface area contributed by atoms with Crippen LogP contribution in [-0.2, 0) is 16.1 Å². The zero-order valence-electron chi connectivity index (χ0n) is 23.8. The molecule has 7 nitrogen and oxygen atoms in total. The van der Waals surface area contributed by atoms with Crippen molar-refractivity contribution < 1.29 is 23.8 Å². The Balaban J connectivity index is 1.68. The third-order valence-corrected chi connectivity index (χ3v) is 7.70. The van der Waals surface area contributed by atoms with E-state index in [2.05, 4.69) is 18.0 Å². The molecule has 0 aliphatic carbocycles. The first-order chi connectivity index (χ1) is 20.4. The van der Waals surface area contributed by atoms with Gasteiger partial charge in [-0.05, 0) is 37.1 Å². The number of benzene rings is 3. The highest BCUT2D eigenvalue weighted by atomic mass is 32.2. The maximum atomic E-state index is 13.3. The standard InChI is InChI=1S/C34H32N2O5S/c1-5-17-40-34(38)31-23(3)36-33(42-21-28(37)25-13-11-22(2)12-14-25)27(19-35)32(31)26-15-16-29(30(18-26)39-4)41-20-24-9-7-6-8-10-24/h5-16,18,32,36H,1,17,20-21H2,2-4H3/t32-/m1/s1. The molecule has 214 valence electrons. The molecule has 0 saturated heterocycles. The minimum absolute atomic E-state index is 0.0240. The van der Waals surface area contributed by atoms with Crippen molar-refractivity contribution in [2.24, 2.45) is 0 Å². The number of nitriles is 1. The number of thioether (sulfide) groups is 1. The quantitative estimate of drug-likeness (QED) is 0.145. The van der Waals surface area contributed by atoms with Gasteiger partial charge in [0, 0.05) is 11.3 Å². The van der Waals surface area contributed by atoms with Crippen molar-refractivity contribution in [2.75, 3.05) is 19.5 Å². The molecule has 1 atom stereocenters. The highest BCUT2D eigenvalue weighted by Gasteiger charge is 2.36. The smallest absolute Gasteiger partial charge is 0.337 e. The molecule has 0 unspecified atom stereocenters. The number of ketones is 1. The number of dihydropyridines is 1. The second kappa shape index (κ2) is 14.2. The third kappa shape index (κ3) is 7.12. The van der Waals surface area contributed by atoms with Crippen molar-refractivity contribution in [2.45, 2.75) is 26.4 Å². The van der Waals surface area contributed by atoms with Crippen LogP contribution in [0, 0.1) is 18.3 Å². The Morgan fingerprint density at radius 3 is 2.45 bits per heavy atom. The largest absolute Gasteiger partial charge is 0.493 e. The number of allylic oxidation sites excluding steroid dienone is 2. The van der Waals surface area contributed by atoms with Gasteiger partial charge in [0.1, 0.15) is 13.2 Å². The fourth-order valence-electron chi connectivity index (χ4n) is 4.52. The normalized spacial score (nSPS) is 14.5. The second-order valence-electron chi connectivity index (χ2n) is 9.60. The fraction of sp³-hybridized carbons (Fsp3) is 0.206. The van der Waals surface area contributed by atoms with Crippen LogP contribution >= 0.6 is 11.8 Å². The van der Waals surface area contributed by atoms with Crippen LogP contribution in [-0.4, -0.2) is 31.2 Å². The lowest BCUT2D eigenvalue weighted by Gasteiger charge is -2.29. The van der Waals surface area contributed by atoms with E-state index in [9.17, 15) is 14.9 Å². The summed E-state index contributed by atoms with van der Waals surface area (Å²) in [6.07, 6.45) is 1.49. The number of rotatable bonds is 12. The van der Waals surface area contributed by atoms with Crippen molar-refractivity contribution in [3.8, 4) is 17.6 Å². The highest BCUT2D eigenvalue weighted by molar-refractivity contribution is 8.03. The van der Waals surface area contributed by atoms with E-state index in [4.69, 9.17) is 14.2 Å². The van der Waals surface area contributed by atoms with Gasteiger partial charge >= 0.3 is 5.97 Å². The van der Waals surface area contributed by atoms with Crippen LogP contribution < -0.4 is 14.8 Å². The van der Waals surface area contributed by atoms with Crippen molar-refractivity contribution in [1.29, 1.82) is 5.26 Å². The molecule has 1 heterocycles. The summed E-state index contributed by atoms with van der Waals surface area (Å²) < 4.78 is 17.1. The number of nitrogens with one attached hydrogen (secondary N) is 1. The monoisotopic (exact) mass is 580 g/mol. The molecule has 0 aromatic heterocycles. The van der Waals surface area contributed by atoms with Crippen LogP contribution in [0.15, 0.2) is 107 Å². The molecule has 4 rings (SSSR count). The highest BCUT2D eigenvalue weighted by Crippen LogP contribution is 2.43. The molecule has 0 bridgehead atoms. The Morgan fingerprint density at radius 1 is 1.05 bits per heavy atom. The van der Waals surface area contributed by atoms with Crippen molar-refractivity contribution in [3.63, 3.8) is 0 Å².